The van der Waals surface area contributed by atoms with Gasteiger partial charge in [-0.2, -0.15) is 5.26 Å². The third-order valence-electron chi connectivity index (χ3n) is 4.28. The molecule has 0 atom stereocenters. The molecule has 6 nitrogen and oxygen atoms in total. The Hall–Kier alpha value is -2.94. The lowest BCUT2D eigenvalue weighted by molar-refractivity contribution is 0.102. The number of nitriles is 1. The Labute approximate surface area is 147 Å². The van der Waals surface area contributed by atoms with Gasteiger partial charge >= 0.3 is 0 Å². The van der Waals surface area contributed by atoms with E-state index < -0.39 is 0 Å². The number of aromatic nitrogens is 2. The molecule has 1 fully saturated rings. The van der Waals surface area contributed by atoms with Gasteiger partial charge in [-0.15, -0.1) is 0 Å². The Kier molecular flexibility index (Phi) is 5.24. The summed E-state index contributed by atoms with van der Waals surface area (Å²) in [6.45, 7) is 3.70. The lowest BCUT2D eigenvalue weighted by Gasteiger charge is -2.22. The molecule has 1 aromatic heterocycles. The molecule has 2 heterocycles. The minimum Gasteiger partial charge on any atom is -0.356 e. The molecular weight excluding hydrogens is 314 g/mol. The largest absolute Gasteiger partial charge is 0.356 e. The van der Waals surface area contributed by atoms with Gasteiger partial charge in [-0.3, -0.25) is 4.79 Å². The van der Waals surface area contributed by atoms with Crippen molar-refractivity contribution < 1.29 is 4.79 Å². The van der Waals surface area contributed by atoms with Crippen molar-refractivity contribution in [3.8, 4) is 6.07 Å². The second-order valence-electron chi connectivity index (χ2n) is 6.17. The van der Waals surface area contributed by atoms with Gasteiger partial charge in [0, 0.05) is 19.2 Å². The molecule has 0 unspecified atom stereocenters. The number of carbonyl (C=O) groups is 1. The van der Waals surface area contributed by atoms with Gasteiger partial charge < -0.3 is 10.2 Å². The molecule has 128 valence electrons. The average molecular weight is 335 g/mol. The van der Waals surface area contributed by atoms with Crippen molar-refractivity contribution in [2.24, 2.45) is 0 Å². The first-order valence-corrected chi connectivity index (χ1v) is 8.58. The molecule has 25 heavy (non-hydrogen) atoms. The molecule has 1 aliphatic heterocycles. The Balaban J connectivity index is 1.84. The quantitative estimate of drug-likeness (QED) is 0.931. The number of carbonyl (C=O) groups excluding carboxylic acids is 1. The molecule has 1 saturated heterocycles. The maximum atomic E-state index is 12.6. The molecule has 1 N–H and O–H groups in total. The summed E-state index contributed by atoms with van der Waals surface area (Å²) in [6.07, 6.45) is 4.75. The molecular formula is C19H21N5O. The molecule has 0 aliphatic carbocycles. The van der Waals surface area contributed by atoms with E-state index in [4.69, 9.17) is 5.26 Å². The van der Waals surface area contributed by atoms with Crippen LogP contribution in [0.2, 0.25) is 0 Å². The van der Waals surface area contributed by atoms with Gasteiger partial charge in [0.2, 0.25) is 0 Å². The number of anilines is 2. The fourth-order valence-electron chi connectivity index (χ4n) is 3.01. The summed E-state index contributed by atoms with van der Waals surface area (Å²) >= 11 is 0. The summed E-state index contributed by atoms with van der Waals surface area (Å²) in [6, 6.07) is 10.7. The van der Waals surface area contributed by atoms with E-state index in [2.05, 4.69) is 26.3 Å². The number of nitrogens with one attached hydrogen (secondary N) is 1. The number of benzene rings is 1. The first-order valence-electron chi connectivity index (χ1n) is 8.58. The van der Waals surface area contributed by atoms with Crippen LogP contribution in [0.3, 0.4) is 0 Å². The van der Waals surface area contributed by atoms with Crippen molar-refractivity contribution in [1.29, 1.82) is 5.26 Å². The highest BCUT2D eigenvalue weighted by atomic mass is 16.1. The van der Waals surface area contributed by atoms with Gasteiger partial charge in [-0.25, -0.2) is 9.97 Å². The highest BCUT2D eigenvalue weighted by Gasteiger charge is 2.17. The average Bonchev–Trinajstić information content (AvgIpc) is 2.91. The van der Waals surface area contributed by atoms with Crippen LogP contribution in [-0.4, -0.2) is 29.0 Å². The van der Waals surface area contributed by atoms with E-state index in [0.29, 0.717) is 22.8 Å². The summed E-state index contributed by atoms with van der Waals surface area (Å²) in [4.78, 5) is 23.6. The highest BCUT2D eigenvalue weighted by molar-refractivity contribution is 6.04. The van der Waals surface area contributed by atoms with Gasteiger partial charge in [-0.05, 0) is 31.9 Å². The summed E-state index contributed by atoms with van der Waals surface area (Å²) in [5.74, 6) is 1.04. The smallest absolute Gasteiger partial charge is 0.274 e. The van der Waals surface area contributed by atoms with Gasteiger partial charge in [0.05, 0.1) is 11.3 Å². The lowest BCUT2D eigenvalue weighted by atomic mass is 10.2. The standard InChI is InChI=1S/C19H21N5O/c1-14-21-17(12-18(22-14)24-10-6-2-3-7-11-24)19(25)23-16-9-5-4-8-15(16)13-20/h4-5,8-9,12H,2-3,6-7,10-11H2,1H3,(H,23,25). The van der Waals surface area contributed by atoms with E-state index in [1.165, 1.54) is 12.8 Å². The van der Waals surface area contributed by atoms with Gasteiger partial charge in [0.25, 0.3) is 5.91 Å². The molecule has 1 aliphatic rings. The fourth-order valence-corrected chi connectivity index (χ4v) is 3.01. The molecule has 1 aromatic carbocycles. The summed E-state index contributed by atoms with van der Waals surface area (Å²) in [5, 5.41) is 11.9. The second kappa shape index (κ2) is 7.75. The minimum absolute atomic E-state index is 0.319. The first-order chi connectivity index (χ1) is 12.2. The summed E-state index contributed by atoms with van der Waals surface area (Å²) < 4.78 is 0. The van der Waals surface area contributed by atoms with Crippen molar-refractivity contribution in [3.05, 3.63) is 47.4 Å². The zero-order valence-electron chi connectivity index (χ0n) is 14.3. The van der Waals surface area contributed by atoms with Crippen LogP contribution < -0.4 is 10.2 Å². The Morgan fingerprint density at radius 2 is 1.88 bits per heavy atom. The molecule has 3 rings (SSSR count). The molecule has 0 bridgehead atoms. The molecule has 0 radical (unpaired) electrons. The zero-order valence-corrected chi connectivity index (χ0v) is 14.3. The van der Waals surface area contributed by atoms with Crippen molar-refractivity contribution in [2.75, 3.05) is 23.3 Å². The van der Waals surface area contributed by atoms with Crippen LogP contribution in [0, 0.1) is 18.3 Å². The number of amides is 1. The summed E-state index contributed by atoms with van der Waals surface area (Å²) in [5.41, 5.74) is 1.23. The van der Waals surface area contributed by atoms with Crippen LogP contribution in [0.25, 0.3) is 0 Å². The number of nitrogens with zero attached hydrogens (tertiary/aromatic N) is 4. The van der Waals surface area contributed by atoms with E-state index in [-0.39, 0.29) is 5.91 Å². The number of aryl methyl sites for hydroxylation is 1. The lowest BCUT2D eigenvalue weighted by Crippen LogP contribution is -2.26. The van der Waals surface area contributed by atoms with Gasteiger partial charge in [-0.1, -0.05) is 25.0 Å². The van der Waals surface area contributed by atoms with Crippen molar-refractivity contribution in [3.63, 3.8) is 0 Å². The number of para-hydroxylation sites is 1. The predicted molar refractivity (Wildman–Crippen MR) is 96.6 cm³/mol. The topological polar surface area (TPSA) is 81.9 Å². The fraction of sp³-hybridized carbons (Fsp3) is 0.368. The van der Waals surface area contributed by atoms with Crippen LogP contribution in [0.5, 0.6) is 0 Å². The molecule has 2 aromatic rings. The van der Waals surface area contributed by atoms with E-state index >= 15 is 0 Å². The first kappa shape index (κ1) is 16.9. The third-order valence-corrected chi connectivity index (χ3v) is 4.28. The predicted octanol–water partition coefficient (Wildman–Crippen LogP) is 3.29. The minimum atomic E-state index is -0.329. The van der Waals surface area contributed by atoms with Gasteiger partial charge in [0.15, 0.2) is 0 Å². The SMILES string of the molecule is Cc1nc(C(=O)Nc2ccccc2C#N)cc(N2CCCCCC2)n1. The van der Waals surface area contributed by atoms with Crippen molar-refractivity contribution in [2.45, 2.75) is 32.6 Å². The van der Waals surface area contributed by atoms with Crippen molar-refractivity contribution >= 4 is 17.4 Å². The molecule has 0 spiro atoms. The normalized spacial score (nSPS) is 14.5. The molecule has 1 amide bonds. The molecule has 6 heteroatoms. The van der Waals surface area contributed by atoms with E-state index in [1.807, 2.05) is 0 Å². The van der Waals surface area contributed by atoms with Crippen LogP contribution in [-0.2, 0) is 0 Å². The maximum absolute atomic E-state index is 12.6. The van der Waals surface area contributed by atoms with Crippen LogP contribution in [0.4, 0.5) is 11.5 Å². The Morgan fingerprint density at radius 1 is 1.16 bits per heavy atom. The van der Waals surface area contributed by atoms with E-state index in [1.54, 1.807) is 37.3 Å². The number of rotatable bonds is 3. The zero-order chi connectivity index (χ0) is 17.6. The number of hydrogen-bond donors (Lipinski definition) is 1. The number of hydrogen-bond acceptors (Lipinski definition) is 5. The third kappa shape index (κ3) is 4.13. The van der Waals surface area contributed by atoms with Gasteiger partial charge in [0.1, 0.15) is 23.4 Å². The van der Waals surface area contributed by atoms with Crippen molar-refractivity contribution in [1.82, 2.24) is 9.97 Å². The second-order valence-corrected chi connectivity index (χ2v) is 6.17. The molecule has 0 saturated carbocycles. The van der Waals surface area contributed by atoms with Crippen LogP contribution in [0.15, 0.2) is 30.3 Å². The Morgan fingerprint density at radius 3 is 2.60 bits per heavy atom. The van der Waals surface area contributed by atoms with E-state index in [9.17, 15) is 4.79 Å². The monoisotopic (exact) mass is 335 g/mol. The summed E-state index contributed by atoms with van der Waals surface area (Å²) in [7, 11) is 0. The van der Waals surface area contributed by atoms with Crippen LogP contribution in [0.1, 0.15) is 47.6 Å². The van der Waals surface area contributed by atoms with Crippen LogP contribution >= 0.6 is 0 Å². The maximum Gasteiger partial charge on any atom is 0.274 e. The Bertz CT molecular complexity index is 804. The highest BCUT2D eigenvalue weighted by Crippen LogP contribution is 2.20. The van der Waals surface area contributed by atoms with E-state index in [0.717, 1.165) is 31.7 Å².